The number of rotatable bonds is 11. The van der Waals surface area contributed by atoms with E-state index in [1.807, 2.05) is 0 Å². The van der Waals surface area contributed by atoms with E-state index in [1.54, 1.807) is 0 Å². The molecule has 0 aliphatic heterocycles. The second-order valence-corrected chi connectivity index (χ2v) is 4.41. The molecule has 0 bridgehead atoms. The van der Waals surface area contributed by atoms with Crippen molar-refractivity contribution in [1.82, 2.24) is 5.32 Å². The van der Waals surface area contributed by atoms with Crippen molar-refractivity contribution in [2.75, 3.05) is 24.6 Å². The van der Waals surface area contributed by atoms with Crippen LogP contribution in [0.1, 0.15) is 12.8 Å². The fourth-order valence-corrected chi connectivity index (χ4v) is 1.75. The number of carboxylic acid groups (broad SMARTS) is 2. The number of hydrogen-bond acceptors (Lipinski definition) is 6. The number of nitrogens with zero attached hydrogens (tertiary/aromatic N) is 1. The Hall–Kier alpha value is 0.00935. The number of carbonyl (C=O) groups is 2. The van der Waals surface area contributed by atoms with Crippen molar-refractivity contribution in [3.63, 3.8) is 0 Å². The Labute approximate surface area is 139 Å². The summed E-state index contributed by atoms with van der Waals surface area (Å²) in [5.41, 5.74) is 0. The molecule has 0 saturated heterocycles. The maximum absolute atomic E-state index is 10.5. The van der Waals surface area contributed by atoms with Gasteiger partial charge in [0, 0.05) is 6.42 Å². The van der Waals surface area contributed by atoms with Gasteiger partial charge in [-0.3, -0.25) is 9.59 Å². The summed E-state index contributed by atoms with van der Waals surface area (Å²) >= 11 is 10.5. The zero-order valence-corrected chi connectivity index (χ0v) is 14.1. The van der Waals surface area contributed by atoms with Gasteiger partial charge in [-0.15, -0.1) is 12.6 Å². The third kappa shape index (κ3) is 14.4. The molecule has 0 aliphatic rings. The maximum atomic E-state index is 10.5. The molecular formula is C10H17N2O5S2Tc. The topological polar surface area (TPSA) is 118 Å². The molecule has 0 aliphatic carbocycles. The SMILES string of the molecule is O=C(O)C[C@H](C[S-])[N-]CCN[C@H](C[S-])CC(=O)O.[O]=[99Tc+3]. The van der Waals surface area contributed by atoms with E-state index in [1.165, 1.54) is 0 Å². The first kappa shape index (κ1) is 22.3. The van der Waals surface area contributed by atoms with E-state index >= 15 is 0 Å². The molecule has 0 heterocycles. The van der Waals surface area contributed by atoms with Gasteiger partial charge in [0.1, 0.15) is 0 Å². The van der Waals surface area contributed by atoms with Crippen molar-refractivity contribution in [3.05, 3.63) is 5.32 Å². The molecule has 0 fully saturated rings. The molecule has 20 heavy (non-hydrogen) atoms. The zero-order chi connectivity index (χ0) is 16.0. The van der Waals surface area contributed by atoms with E-state index in [-0.39, 0.29) is 30.7 Å². The fraction of sp³-hybridized carbons (Fsp3) is 0.800. The Kier molecular flexibility index (Phi) is 17.2. The summed E-state index contributed by atoms with van der Waals surface area (Å²) in [6.45, 7) is 0.875. The van der Waals surface area contributed by atoms with Gasteiger partial charge < -0.3 is 46.1 Å². The summed E-state index contributed by atoms with van der Waals surface area (Å²) in [6.07, 6.45) is -0.0911. The second-order valence-electron chi connectivity index (χ2n) is 3.74. The molecule has 3 N–H and O–H groups in total. The molecule has 0 saturated carbocycles. The van der Waals surface area contributed by atoms with Crippen LogP contribution in [-0.4, -0.2) is 58.8 Å². The van der Waals surface area contributed by atoms with Crippen LogP contribution in [0.4, 0.5) is 0 Å². The third-order valence-electron chi connectivity index (χ3n) is 2.16. The third-order valence-corrected chi connectivity index (χ3v) is 2.94. The molecule has 0 amide bonds. The van der Waals surface area contributed by atoms with E-state index < -0.39 is 11.9 Å². The van der Waals surface area contributed by atoms with Gasteiger partial charge in [0.2, 0.25) is 0 Å². The Morgan fingerprint density at radius 1 is 1.10 bits per heavy atom. The van der Waals surface area contributed by atoms with Crippen LogP contribution >= 0.6 is 0 Å². The molecular weight excluding hydrogens is 391 g/mol. The van der Waals surface area contributed by atoms with Crippen LogP contribution in [-0.2, 0) is 57.2 Å². The number of nitrogens with one attached hydrogen (secondary N) is 1. The quantitative estimate of drug-likeness (QED) is 0.313. The molecule has 0 aromatic rings. The predicted molar refractivity (Wildman–Crippen MR) is 73.5 cm³/mol. The number of aliphatic carboxylic acids is 2. The van der Waals surface area contributed by atoms with E-state index in [0.717, 1.165) is 18.9 Å². The fourth-order valence-electron chi connectivity index (χ4n) is 1.29. The van der Waals surface area contributed by atoms with Crippen molar-refractivity contribution in [2.24, 2.45) is 0 Å². The van der Waals surface area contributed by atoms with E-state index in [9.17, 15) is 9.59 Å². The molecule has 10 heteroatoms. The van der Waals surface area contributed by atoms with Crippen LogP contribution in [0.5, 0.6) is 0 Å². The van der Waals surface area contributed by atoms with Gasteiger partial charge in [0.05, 0.1) is 6.42 Å². The average molecular weight is 408 g/mol. The van der Waals surface area contributed by atoms with Crippen LogP contribution in [0, 0.1) is 0 Å². The average Bonchev–Trinajstić information content (AvgIpc) is 2.42. The molecule has 7 nitrogen and oxygen atoms in total. The van der Waals surface area contributed by atoms with E-state index in [0.29, 0.717) is 18.8 Å². The Balaban J connectivity index is 0. The molecule has 0 rings (SSSR count). The first-order chi connectivity index (χ1) is 9.49. The standard InChI is InChI=1S/C10H19N2O4S2.O.Tc/c13-9(14)3-7(5-17)11-1-2-12-8(6-18)4-10(15)16;;/h7-8,11,17-18H,1-6H2,(H,13,14)(H,15,16);;/q-1;;+3/p-2/t7-,8+;;/m0../s1/i;;1+1. The van der Waals surface area contributed by atoms with Crippen LogP contribution in [0.2, 0.25) is 0 Å². The van der Waals surface area contributed by atoms with Gasteiger partial charge in [-0.05, 0) is 12.6 Å². The Morgan fingerprint density at radius 3 is 2.05 bits per heavy atom. The number of hydrogen-bond donors (Lipinski definition) is 3. The molecule has 2 atom stereocenters. The van der Waals surface area contributed by atoms with Gasteiger partial charge in [-0.1, -0.05) is 0 Å². The van der Waals surface area contributed by atoms with Crippen molar-refractivity contribution in [3.8, 4) is 0 Å². The van der Waals surface area contributed by atoms with E-state index in [2.05, 4.69) is 10.6 Å². The van der Waals surface area contributed by atoms with Crippen LogP contribution in [0.15, 0.2) is 0 Å². The molecule has 0 aromatic heterocycles. The molecule has 116 valence electrons. The Bertz CT molecular complexity index is 260. The van der Waals surface area contributed by atoms with Crippen molar-refractivity contribution in [1.29, 1.82) is 0 Å². The van der Waals surface area contributed by atoms with Gasteiger partial charge in [0.15, 0.2) is 0 Å². The number of carboxylic acids is 2. The zero-order valence-electron chi connectivity index (χ0n) is 10.7. The van der Waals surface area contributed by atoms with E-state index in [4.69, 9.17) is 39.0 Å². The van der Waals surface area contributed by atoms with Crippen molar-refractivity contribution >= 4 is 37.2 Å². The van der Waals surface area contributed by atoms with Crippen LogP contribution in [0.25, 0.3) is 5.32 Å². The summed E-state index contributed by atoms with van der Waals surface area (Å²) in [5.74, 6) is -1.24. The summed E-state index contributed by atoms with van der Waals surface area (Å²) in [4.78, 5) is 21.0. The summed E-state index contributed by atoms with van der Waals surface area (Å²) in [5, 5.41) is 24.3. The Morgan fingerprint density at radius 2 is 1.65 bits per heavy atom. The van der Waals surface area contributed by atoms with Gasteiger partial charge in [-0.25, -0.2) is 0 Å². The molecule has 0 radical (unpaired) electrons. The monoisotopic (exact) mass is 408 g/mol. The molecule has 0 spiro atoms. The van der Waals surface area contributed by atoms with Crippen molar-refractivity contribution in [2.45, 2.75) is 24.9 Å². The second kappa shape index (κ2) is 15.4. The summed E-state index contributed by atoms with van der Waals surface area (Å²) < 4.78 is 8.22. The van der Waals surface area contributed by atoms with Gasteiger partial charge in [-0.2, -0.15) is 11.5 Å². The minimum absolute atomic E-state index is 0.0247. The van der Waals surface area contributed by atoms with Crippen molar-refractivity contribution < 1.29 is 42.2 Å². The predicted octanol–water partition coefficient (Wildman–Crippen LogP) is -0.391. The normalized spacial score (nSPS) is 12.8. The molecule has 0 unspecified atom stereocenters. The summed E-state index contributed by atoms with van der Waals surface area (Å²) in [7, 11) is 0. The summed E-state index contributed by atoms with van der Waals surface area (Å²) in [6, 6.07) is -0.616. The van der Waals surface area contributed by atoms with Crippen LogP contribution in [0.3, 0.4) is 0 Å². The first-order valence-corrected chi connectivity index (χ1v) is 7.56. The molecule has 0 aromatic carbocycles. The van der Waals surface area contributed by atoms with Crippen LogP contribution < -0.4 is 5.32 Å². The van der Waals surface area contributed by atoms with Gasteiger partial charge in [0.25, 0.3) is 0 Å². The van der Waals surface area contributed by atoms with Gasteiger partial charge >= 0.3 is 34.3 Å². The first-order valence-electron chi connectivity index (χ1n) is 5.64. The minimum atomic E-state index is -0.920.